The Balaban J connectivity index is 1.86. The minimum absolute atomic E-state index is 0.237. The molecule has 2 nitrogen and oxygen atoms in total. The topological polar surface area (TPSA) is 26.3 Å². The van der Waals surface area contributed by atoms with Crippen molar-refractivity contribution in [3.8, 4) is 5.75 Å². The van der Waals surface area contributed by atoms with Crippen LogP contribution in [0.5, 0.6) is 5.75 Å². The van der Waals surface area contributed by atoms with Gasteiger partial charge in [-0.25, -0.2) is 0 Å². The van der Waals surface area contributed by atoms with Crippen LogP contribution in [0.4, 0.5) is 0 Å². The standard InChI is InChI=1S/C19H28O2/c1-3-5-6-15-7-9-16(10-8-15)19(20)17-11-13-18(14-12-17)21-4-2/h11-16H,3-10H2,1-2H3. The number of carbonyl (C=O) groups excluding carboxylic acids is 1. The van der Waals surface area contributed by atoms with Gasteiger partial charge in [0, 0.05) is 11.5 Å². The second-order valence-electron chi connectivity index (χ2n) is 6.18. The summed E-state index contributed by atoms with van der Waals surface area (Å²) in [7, 11) is 0. The molecule has 2 heteroatoms. The predicted octanol–water partition coefficient (Wildman–Crippen LogP) is 5.26. The molecule has 0 saturated heterocycles. The third-order valence-electron chi connectivity index (χ3n) is 4.63. The molecular formula is C19H28O2. The summed E-state index contributed by atoms with van der Waals surface area (Å²) in [5, 5.41) is 0. The van der Waals surface area contributed by atoms with Gasteiger partial charge in [0.05, 0.1) is 6.61 Å². The Morgan fingerprint density at radius 2 is 1.76 bits per heavy atom. The summed E-state index contributed by atoms with van der Waals surface area (Å²) in [6.45, 7) is 4.88. The minimum Gasteiger partial charge on any atom is -0.494 e. The molecule has 0 bridgehead atoms. The third kappa shape index (κ3) is 4.59. The normalized spacial score (nSPS) is 22.0. The molecule has 0 heterocycles. The maximum atomic E-state index is 12.5. The van der Waals surface area contributed by atoms with Gasteiger partial charge in [0.25, 0.3) is 0 Å². The van der Waals surface area contributed by atoms with Crippen molar-refractivity contribution in [3.05, 3.63) is 29.8 Å². The Kier molecular flexibility index (Phi) is 6.28. The molecule has 116 valence electrons. The summed E-state index contributed by atoms with van der Waals surface area (Å²) in [5.74, 6) is 2.26. The highest BCUT2D eigenvalue weighted by atomic mass is 16.5. The number of benzene rings is 1. The molecular weight excluding hydrogens is 260 g/mol. The van der Waals surface area contributed by atoms with Gasteiger partial charge < -0.3 is 4.74 Å². The summed E-state index contributed by atoms with van der Waals surface area (Å²) in [4.78, 5) is 12.5. The fraction of sp³-hybridized carbons (Fsp3) is 0.632. The van der Waals surface area contributed by atoms with E-state index in [1.165, 1.54) is 32.1 Å². The maximum absolute atomic E-state index is 12.5. The molecule has 1 aromatic carbocycles. The number of hydrogen-bond donors (Lipinski definition) is 0. The molecule has 0 spiro atoms. The van der Waals surface area contributed by atoms with Crippen molar-refractivity contribution in [2.45, 2.75) is 58.8 Å². The number of ketones is 1. The summed E-state index contributed by atoms with van der Waals surface area (Å²) < 4.78 is 5.43. The first-order valence-corrected chi connectivity index (χ1v) is 8.51. The minimum atomic E-state index is 0.237. The maximum Gasteiger partial charge on any atom is 0.165 e. The summed E-state index contributed by atoms with van der Waals surface area (Å²) in [6, 6.07) is 7.64. The molecule has 1 aliphatic carbocycles. The van der Waals surface area contributed by atoms with Crippen LogP contribution in [-0.4, -0.2) is 12.4 Å². The Bertz CT molecular complexity index is 427. The Labute approximate surface area is 128 Å². The Morgan fingerprint density at radius 1 is 1.10 bits per heavy atom. The van der Waals surface area contributed by atoms with Gasteiger partial charge in [-0.05, 0) is 62.8 Å². The number of rotatable bonds is 7. The largest absolute Gasteiger partial charge is 0.494 e. The van der Waals surface area contributed by atoms with E-state index in [9.17, 15) is 4.79 Å². The van der Waals surface area contributed by atoms with Crippen LogP contribution in [-0.2, 0) is 0 Å². The van der Waals surface area contributed by atoms with Crippen molar-refractivity contribution in [1.82, 2.24) is 0 Å². The van der Waals surface area contributed by atoms with E-state index in [-0.39, 0.29) is 5.92 Å². The molecule has 1 aliphatic rings. The highest BCUT2D eigenvalue weighted by Crippen LogP contribution is 2.33. The number of Topliss-reactive ketones (excluding diaryl/α,β-unsaturated/α-hetero) is 1. The summed E-state index contributed by atoms with van der Waals surface area (Å²) in [5.41, 5.74) is 0.843. The van der Waals surface area contributed by atoms with Gasteiger partial charge in [0.1, 0.15) is 5.75 Å². The summed E-state index contributed by atoms with van der Waals surface area (Å²) >= 11 is 0. The lowest BCUT2D eigenvalue weighted by Gasteiger charge is -2.27. The Hall–Kier alpha value is -1.31. The van der Waals surface area contributed by atoms with Gasteiger partial charge in [-0.1, -0.05) is 26.2 Å². The van der Waals surface area contributed by atoms with E-state index < -0.39 is 0 Å². The molecule has 21 heavy (non-hydrogen) atoms. The van der Waals surface area contributed by atoms with E-state index in [1.54, 1.807) is 0 Å². The van der Waals surface area contributed by atoms with Crippen molar-refractivity contribution >= 4 is 5.78 Å². The van der Waals surface area contributed by atoms with Crippen molar-refractivity contribution in [2.24, 2.45) is 11.8 Å². The zero-order chi connectivity index (χ0) is 15.1. The average molecular weight is 288 g/mol. The van der Waals surface area contributed by atoms with Crippen LogP contribution in [0, 0.1) is 11.8 Å². The van der Waals surface area contributed by atoms with Gasteiger partial charge in [-0.15, -0.1) is 0 Å². The highest BCUT2D eigenvalue weighted by Gasteiger charge is 2.26. The number of carbonyl (C=O) groups is 1. The van der Waals surface area contributed by atoms with Crippen molar-refractivity contribution in [2.75, 3.05) is 6.61 Å². The van der Waals surface area contributed by atoms with Crippen LogP contribution in [0.2, 0.25) is 0 Å². The molecule has 0 atom stereocenters. The third-order valence-corrected chi connectivity index (χ3v) is 4.63. The van der Waals surface area contributed by atoms with Gasteiger partial charge in [-0.3, -0.25) is 4.79 Å². The van der Waals surface area contributed by atoms with E-state index in [4.69, 9.17) is 4.74 Å². The lowest BCUT2D eigenvalue weighted by atomic mass is 9.77. The summed E-state index contributed by atoms with van der Waals surface area (Å²) in [6.07, 6.45) is 8.56. The monoisotopic (exact) mass is 288 g/mol. The van der Waals surface area contributed by atoms with Crippen LogP contribution in [0.15, 0.2) is 24.3 Å². The highest BCUT2D eigenvalue weighted by molar-refractivity contribution is 5.98. The van der Waals surface area contributed by atoms with E-state index in [2.05, 4.69) is 6.92 Å². The predicted molar refractivity (Wildman–Crippen MR) is 86.9 cm³/mol. The molecule has 0 N–H and O–H groups in total. The van der Waals surface area contributed by atoms with E-state index in [1.807, 2.05) is 31.2 Å². The van der Waals surface area contributed by atoms with Gasteiger partial charge in [-0.2, -0.15) is 0 Å². The fourth-order valence-electron chi connectivity index (χ4n) is 3.32. The average Bonchev–Trinajstić information content (AvgIpc) is 2.54. The quantitative estimate of drug-likeness (QED) is 0.639. The SMILES string of the molecule is CCCCC1CCC(C(=O)c2ccc(OCC)cc2)CC1. The van der Waals surface area contributed by atoms with Gasteiger partial charge >= 0.3 is 0 Å². The van der Waals surface area contributed by atoms with Crippen molar-refractivity contribution in [3.63, 3.8) is 0 Å². The second kappa shape index (κ2) is 8.21. The Morgan fingerprint density at radius 3 is 2.33 bits per heavy atom. The first-order valence-electron chi connectivity index (χ1n) is 8.51. The van der Waals surface area contributed by atoms with Crippen LogP contribution in [0.3, 0.4) is 0 Å². The van der Waals surface area contributed by atoms with Crippen LogP contribution in [0.25, 0.3) is 0 Å². The lowest BCUT2D eigenvalue weighted by Crippen LogP contribution is -2.22. The van der Waals surface area contributed by atoms with E-state index >= 15 is 0 Å². The van der Waals surface area contributed by atoms with Gasteiger partial charge in [0.2, 0.25) is 0 Å². The van der Waals surface area contributed by atoms with Crippen LogP contribution >= 0.6 is 0 Å². The lowest BCUT2D eigenvalue weighted by molar-refractivity contribution is 0.0869. The fourth-order valence-corrected chi connectivity index (χ4v) is 3.32. The molecule has 0 unspecified atom stereocenters. The van der Waals surface area contributed by atoms with Gasteiger partial charge in [0.15, 0.2) is 5.78 Å². The number of ether oxygens (including phenoxy) is 1. The molecule has 2 rings (SSSR count). The van der Waals surface area contributed by atoms with Crippen molar-refractivity contribution < 1.29 is 9.53 Å². The van der Waals surface area contributed by atoms with E-state index in [0.717, 1.165) is 30.1 Å². The smallest absolute Gasteiger partial charge is 0.165 e. The van der Waals surface area contributed by atoms with Crippen LogP contribution in [0.1, 0.15) is 69.2 Å². The molecule has 1 fully saturated rings. The zero-order valence-electron chi connectivity index (χ0n) is 13.4. The number of hydrogen-bond acceptors (Lipinski definition) is 2. The molecule has 0 amide bonds. The van der Waals surface area contributed by atoms with Crippen molar-refractivity contribution in [1.29, 1.82) is 0 Å². The number of unbranched alkanes of at least 4 members (excludes halogenated alkanes) is 1. The molecule has 1 saturated carbocycles. The molecule has 1 aromatic rings. The zero-order valence-corrected chi connectivity index (χ0v) is 13.4. The molecule has 0 aliphatic heterocycles. The van der Waals surface area contributed by atoms with Crippen LogP contribution < -0.4 is 4.74 Å². The van der Waals surface area contributed by atoms with E-state index in [0.29, 0.717) is 12.4 Å². The first-order chi connectivity index (χ1) is 10.2. The first kappa shape index (κ1) is 16.1. The molecule has 0 radical (unpaired) electrons. The second-order valence-corrected chi connectivity index (χ2v) is 6.18. The molecule has 0 aromatic heterocycles.